The van der Waals surface area contributed by atoms with Crippen molar-refractivity contribution in [3.05, 3.63) is 0 Å². The largest absolute Gasteiger partial charge is 0.481 e. The lowest BCUT2D eigenvalue weighted by Crippen LogP contribution is -2.38. The molecule has 3 nitrogen and oxygen atoms in total. The molecule has 17 heavy (non-hydrogen) atoms. The number of nitrogens with one attached hydrogen (secondary N) is 1. The zero-order valence-corrected chi connectivity index (χ0v) is 11.5. The summed E-state index contributed by atoms with van der Waals surface area (Å²) in [5.74, 6) is 0.112. The molecule has 2 N–H and O–H groups in total. The third-order valence-electron chi connectivity index (χ3n) is 4.14. The molecule has 100 valence electrons. The van der Waals surface area contributed by atoms with Gasteiger partial charge in [0.2, 0.25) is 0 Å². The summed E-state index contributed by atoms with van der Waals surface area (Å²) in [6.45, 7) is 6.63. The zero-order chi connectivity index (χ0) is 12.9. The number of hydrogen-bond donors (Lipinski definition) is 2. The fourth-order valence-electron chi connectivity index (χ4n) is 2.68. The van der Waals surface area contributed by atoms with E-state index in [1.807, 2.05) is 0 Å². The van der Waals surface area contributed by atoms with Gasteiger partial charge in [-0.2, -0.15) is 0 Å². The van der Waals surface area contributed by atoms with Crippen LogP contribution in [0.2, 0.25) is 0 Å². The number of carboxylic acids is 1. The van der Waals surface area contributed by atoms with Crippen LogP contribution in [0, 0.1) is 11.3 Å². The van der Waals surface area contributed by atoms with Gasteiger partial charge in [-0.15, -0.1) is 0 Å². The van der Waals surface area contributed by atoms with Gasteiger partial charge in [-0.1, -0.05) is 19.8 Å². The number of carbonyl (C=O) groups is 1. The van der Waals surface area contributed by atoms with Crippen LogP contribution in [0.5, 0.6) is 0 Å². The monoisotopic (exact) mass is 241 g/mol. The van der Waals surface area contributed by atoms with Crippen LogP contribution >= 0.6 is 0 Å². The fraction of sp³-hybridized carbons (Fsp3) is 0.929. The van der Waals surface area contributed by atoms with E-state index in [4.69, 9.17) is 5.11 Å². The van der Waals surface area contributed by atoms with Gasteiger partial charge in [0.15, 0.2) is 0 Å². The van der Waals surface area contributed by atoms with E-state index in [1.54, 1.807) is 13.8 Å². The molecule has 1 aliphatic rings. The Kier molecular flexibility index (Phi) is 5.44. The molecular weight excluding hydrogens is 214 g/mol. The second-order valence-electron chi connectivity index (χ2n) is 5.95. The molecule has 0 aromatic heterocycles. The molecule has 1 rings (SSSR count). The lowest BCUT2D eigenvalue weighted by Gasteiger charge is -2.26. The van der Waals surface area contributed by atoms with Gasteiger partial charge in [-0.25, -0.2) is 0 Å². The van der Waals surface area contributed by atoms with Crippen LogP contribution in [0.25, 0.3) is 0 Å². The molecule has 0 amide bonds. The Morgan fingerprint density at radius 3 is 2.47 bits per heavy atom. The highest BCUT2D eigenvalue weighted by atomic mass is 16.4. The summed E-state index contributed by atoms with van der Waals surface area (Å²) in [6.07, 6.45) is 7.26. The van der Waals surface area contributed by atoms with Crippen molar-refractivity contribution in [3.8, 4) is 0 Å². The molecule has 0 spiro atoms. The van der Waals surface area contributed by atoms with Crippen LogP contribution in [0.15, 0.2) is 0 Å². The maximum atomic E-state index is 11.0. The van der Waals surface area contributed by atoms with Crippen LogP contribution < -0.4 is 5.32 Å². The van der Waals surface area contributed by atoms with Crippen molar-refractivity contribution in [3.63, 3.8) is 0 Å². The van der Waals surface area contributed by atoms with E-state index in [0.717, 1.165) is 18.9 Å². The van der Waals surface area contributed by atoms with Crippen LogP contribution in [-0.4, -0.2) is 23.7 Å². The fourth-order valence-corrected chi connectivity index (χ4v) is 2.68. The Labute approximate surface area is 105 Å². The number of carboxylic acid groups (broad SMARTS) is 1. The lowest BCUT2D eigenvalue weighted by atomic mass is 9.89. The smallest absolute Gasteiger partial charge is 0.309 e. The summed E-state index contributed by atoms with van der Waals surface area (Å²) < 4.78 is 0. The molecule has 0 aliphatic heterocycles. The standard InChI is InChI=1S/C14H27NO2/c1-4-12(11-7-5-6-8-11)15-10-9-14(2,3)13(16)17/h11-12,15H,4-10H2,1-3H3,(H,16,17). The van der Waals surface area contributed by atoms with Crippen molar-refractivity contribution in [2.24, 2.45) is 11.3 Å². The van der Waals surface area contributed by atoms with E-state index in [2.05, 4.69) is 12.2 Å². The van der Waals surface area contributed by atoms with Crippen LogP contribution in [0.3, 0.4) is 0 Å². The molecule has 0 heterocycles. The minimum Gasteiger partial charge on any atom is -0.481 e. The van der Waals surface area contributed by atoms with Crippen molar-refractivity contribution in [2.75, 3.05) is 6.54 Å². The summed E-state index contributed by atoms with van der Waals surface area (Å²) in [6, 6.07) is 0.585. The van der Waals surface area contributed by atoms with Gasteiger partial charge >= 0.3 is 5.97 Å². The molecule has 3 heteroatoms. The molecule has 0 radical (unpaired) electrons. The predicted octanol–water partition coefficient (Wildman–Crippen LogP) is 3.05. The minimum atomic E-state index is -0.701. The third-order valence-corrected chi connectivity index (χ3v) is 4.14. The molecule has 1 unspecified atom stereocenters. The number of aliphatic carboxylic acids is 1. The van der Waals surface area contributed by atoms with Crippen molar-refractivity contribution < 1.29 is 9.90 Å². The number of rotatable bonds is 7. The number of hydrogen-bond acceptors (Lipinski definition) is 2. The van der Waals surface area contributed by atoms with Gasteiger partial charge in [0.25, 0.3) is 0 Å². The highest BCUT2D eigenvalue weighted by Gasteiger charge is 2.28. The predicted molar refractivity (Wildman–Crippen MR) is 70.1 cm³/mol. The van der Waals surface area contributed by atoms with Gasteiger partial charge in [0, 0.05) is 6.04 Å². The molecule has 1 fully saturated rings. The van der Waals surface area contributed by atoms with Gasteiger partial charge in [-0.3, -0.25) is 4.79 Å². The topological polar surface area (TPSA) is 49.3 Å². The summed E-state index contributed by atoms with van der Waals surface area (Å²) >= 11 is 0. The average molecular weight is 241 g/mol. The van der Waals surface area contributed by atoms with Crippen LogP contribution in [0.1, 0.15) is 59.3 Å². The molecule has 1 saturated carbocycles. The minimum absolute atomic E-state index is 0.585. The maximum Gasteiger partial charge on any atom is 0.309 e. The highest BCUT2D eigenvalue weighted by Crippen LogP contribution is 2.29. The molecule has 0 aromatic carbocycles. The Morgan fingerprint density at radius 2 is 2.00 bits per heavy atom. The Morgan fingerprint density at radius 1 is 1.41 bits per heavy atom. The zero-order valence-electron chi connectivity index (χ0n) is 11.5. The normalized spacial score (nSPS) is 19.5. The van der Waals surface area contributed by atoms with Crippen molar-refractivity contribution in [1.29, 1.82) is 0 Å². The van der Waals surface area contributed by atoms with E-state index in [9.17, 15) is 4.79 Å². The molecule has 0 bridgehead atoms. The maximum absolute atomic E-state index is 11.0. The van der Waals surface area contributed by atoms with Gasteiger partial charge in [-0.05, 0) is 52.0 Å². The average Bonchev–Trinajstić information content (AvgIpc) is 2.77. The first kappa shape index (κ1) is 14.5. The van der Waals surface area contributed by atoms with Gasteiger partial charge < -0.3 is 10.4 Å². The molecular formula is C14H27NO2. The van der Waals surface area contributed by atoms with E-state index in [0.29, 0.717) is 12.5 Å². The van der Waals surface area contributed by atoms with Crippen LogP contribution in [-0.2, 0) is 4.79 Å². The van der Waals surface area contributed by atoms with Crippen molar-refractivity contribution in [2.45, 2.75) is 65.3 Å². The molecule has 0 saturated heterocycles. The Bertz CT molecular complexity index is 245. The quantitative estimate of drug-likeness (QED) is 0.720. The van der Waals surface area contributed by atoms with Crippen LogP contribution in [0.4, 0.5) is 0 Å². The first-order valence-electron chi connectivity index (χ1n) is 6.94. The van der Waals surface area contributed by atoms with E-state index in [1.165, 1.54) is 25.7 Å². The molecule has 0 aromatic rings. The summed E-state index contributed by atoms with van der Waals surface area (Å²) in [5, 5.41) is 12.6. The van der Waals surface area contributed by atoms with E-state index in [-0.39, 0.29) is 0 Å². The second kappa shape index (κ2) is 6.39. The third kappa shape index (κ3) is 4.30. The second-order valence-corrected chi connectivity index (χ2v) is 5.95. The first-order chi connectivity index (χ1) is 7.97. The molecule has 1 atom stereocenters. The Balaban J connectivity index is 2.30. The van der Waals surface area contributed by atoms with Gasteiger partial charge in [0.05, 0.1) is 5.41 Å². The van der Waals surface area contributed by atoms with Crippen molar-refractivity contribution >= 4 is 5.97 Å². The van der Waals surface area contributed by atoms with Gasteiger partial charge in [0.1, 0.15) is 0 Å². The van der Waals surface area contributed by atoms with E-state index < -0.39 is 11.4 Å². The summed E-state index contributed by atoms with van der Waals surface area (Å²) in [7, 11) is 0. The van der Waals surface area contributed by atoms with Crippen molar-refractivity contribution in [1.82, 2.24) is 5.32 Å². The summed E-state index contributed by atoms with van der Waals surface area (Å²) in [4.78, 5) is 11.0. The summed E-state index contributed by atoms with van der Waals surface area (Å²) in [5.41, 5.74) is -0.610. The SMILES string of the molecule is CCC(NCCC(C)(C)C(=O)O)C1CCCC1. The molecule has 1 aliphatic carbocycles. The lowest BCUT2D eigenvalue weighted by molar-refractivity contribution is -0.147. The Hall–Kier alpha value is -0.570. The van der Waals surface area contributed by atoms with E-state index >= 15 is 0 Å². The first-order valence-corrected chi connectivity index (χ1v) is 6.94. The highest BCUT2D eigenvalue weighted by molar-refractivity contribution is 5.73.